The summed E-state index contributed by atoms with van der Waals surface area (Å²) >= 11 is 0. The second-order valence-electron chi connectivity index (χ2n) is 7.68. The van der Waals surface area contributed by atoms with Gasteiger partial charge in [0.2, 0.25) is 0 Å². The van der Waals surface area contributed by atoms with Gasteiger partial charge >= 0.3 is 5.97 Å². The van der Waals surface area contributed by atoms with Crippen LogP contribution in [0.15, 0.2) is 35.3 Å². The van der Waals surface area contributed by atoms with E-state index in [1.165, 1.54) is 7.11 Å². The molecule has 0 aliphatic carbocycles. The molecule has 1 N–H and O–H groups in total. The number of anilines is 1. The number of methoxy groups -OCH3 is 1. The minimum Gasteiger partial charge on any atom is -0.525 e. The molecule has 1 saturated heterocycles. The SMILES string of the molecule is [CH2-]COc1cc2nc(CC)c(=O)[nH]c2cc1CN1[CH-]CN(c2ccc(C(=O)OC)nc2)CC1.[Lr]. The van der Waals surface area contributed by atoms with Gasteiger partial charge in [-0.15, -0.1) is 0 Å². The number of ether oxygens (including phenoxy) is 2. The van der Waals surface area contributed by atoms with E-state index < -0.39 is 5.97 Å². The fraction of sp³-hybridized carbons (Fsp3) is 0.333. The fourth-order valence-corrected chi connectivity index (χ4v) is 3.85. The van der Waals surface area contributed by atoms with Crippen molar-refractivity contribution in [2.75, 3.05) is 38.3 Å². The Morgan fingerprint density at radius 2 is 2.12 bits per heavy atom. The van der Waals surface area contributed by atoms with E-state index in [0.717, 1.165) is 30.1 Å². The Balaban J connectivity index is 0.00000324. The summed E-state index contributed by atoms with van der Waals surface area (Å²) in [6.07, 6.45) is 2.26. The van der Waals surface area contributed by atoms with Crippen LogP contribution >= 0.6 is 0 Å². The Morgan fingerprint density at radius 1 is 1.29 bits per heavy atom. The van der Waals surface area contributed by atoms with Gasteiger partial charge < -0.3 is 31.2 Å². The molecule has 0 saturated carbocycles. The zero-order chi connectivity index (χ0) is 23.4. The Bertz CT molecular complexity index is 1190. The van der Waals surface area contributed by atoms with Gasteiger partial charge in [-0.2, -0.15) is 0 Å². The first-order valence-electron chi connectivity index (χ1n) is 10.9. The molecular formula is C24H27LrN5O4-2. The minimum absolute atomic E-state index is 0. The van der Waals surface area contributed by atoms with E-state index in [1.54, 1.807) is 12.3 Å². The van der Waals surface area contributed by atoms with Crippen molar-refractivity contribution in [3.8, 4) is 5.75 Å². The molecule has 10 heteroatoms. The van der Waals surface area contributed by atoms with Crippen LogP contribution in [0.25, 0.3) is 11.0 Å². The Morgan fingerprint density at radius 3 is 2.74 bits per heavy atom. The summed E-state index contributed by atoms with van der Waals surface area (Å²) in [5.74, 6) is 0.272. The van der Waals surface area contributed by atoms with Gasteiger partial charge in [0.25, 0.3) is 5.56 Å². The maximum Gasteiger partial charge on any atom is 0.356 e. The van der Waals surface area contributed by atoms with Gasteiger partial charge in [-0.05, 0) is 44.3 Å². The number of piperazine rings is 1. The second kappa shape index (κ2) is 10.4. The molecule has 0 amide bonds. The van der Waals surface area contributed by atoms with Crippen molar-refractivity contribution in [1.82, 2.24) is 19.9 Å². The number of nitrogens with one attached hydrogen (secondary N) is 1. The van der Waals surface area contributed by atoms with Crippen LogP contribution in [-0.4, -0.2) is 59.2 Å². The third-order valence-corrected chi connectivity index (χ3v) is 5.64. The molecule has 3 heterocycles. The summed E-state index contributed by atoms with van der Waals surface area (Å²) in [4.78, 5) is 39.8. The molecule has 34 heavy (non-hydrogen) atoms. The molecule has 3 aromatic rings. The maximum absolute atomic E-state index is 12.2. The van der Waals surface area contributed by atoms with Crippen LogP contribution in [0.4, 0.5) is 5.69 Å². The average Bonchev–Trinajstić information content (AvgIpc) is 2.84. The number of pyridine rings is 1. The van der Waals surface area contributed by atoms with Gasteiger partial charge in [0.1, 0.15) is 17.1 Å². The molecule has 1 aliphatic rings. The zero-order valence-corrected chi connectivity index (χ0v) is 21.2. The molecule has 0 unspecified atom stereocenters. The fourth-order valence-electron chi connectivity index (χ4n) is 3.85. The van der Waals surface area contributed by atoms with Crippen LogP contribution in [0.3, 0.4) is 0 Å². The number of carbonyl (C=O) groups excluding carboxylic acids is 1. The average molecular weight is 712 g/mol. The van der Waals surface area contributed by atoms with Crippen LogP contribution in [0.2, 0.25) is 0 Å². The molecule has 189 valence electrons. The number of aromatic amines is 1. The van der Waals surface area contributed by atoms with Crippen molar-refractivity contribution in [3.63, 3.8) is 0 Å². The summed E-state index contributed by atoms with van der Waals surface area (Å²) in [5, 5.41) is 0. The van der Waals surface area contributed by atoms with Gasteiger partial charge in [-0.1, -0.05) is 13.5 Å². The zero-order valence-electron chi connectivity index (χ0n) is 19.1. The van der Waals surface area contributed by atoms with Gasteiger partial charge in [-0.25, -0.2) is 21.3 Å². The van der Waals surface area contributed by atoms with Crippen molar-refractivity contribution >= 4 is 22.7 Å². The van der Waals surface area contributed by atoms with E-state index in [2.05, 4.69) is 38.2 Å². The third kappa shape index (κ3) is 4.96. The van der Waals surface area contributed by atoms with E-state index in [9.17, 15) is 9.59 Å². The Hall–Kier alpha value is -4.46. The van der Waals surface area contributed by atoms with Crippen LogP contribution in [0.5, 0.6) is 5.75 Å². The van der Waals surface area contributed by atoms with E-state index in [-0.39, 0.29) is 11.3 Å². The molecule has 0 atom stereocenters. The van der Waals surface area contributed by atoms with Gasteiger partial charge in [0, 0.05) is 18.2 Å². The first-order valence-corrected chi connectivity index (χ1v) is 10.9. The minimum atomic E-state index is -0.448. The maximum atomic E-state index is 12.2. The number of rotatable bonds is 7. The molecule has 4 rings (SSSR count). The second-order valence-corrected chi connectivity index (χ2v) is 7.68. The number of hydrogen-bond acceptors (Lipinski definition) is 8. The molecule has 0 bridgehead atoms. The normalized spacial score (nSPS) is 14.0. The monoisotopic (exact) mass is 711 g/mol. The molecule has 2 aromatic heterocycles. The predicted octanol–water partition coefficient (Wildman–Crippen LogP) is 2.36. The summed E-state index contributed by atoms with van der Waals surface area (Å²) in [6, 6.07) is 7.35. The van der Waals surface area contributed by atoms with Crippen molar-refractivity contribution in [2.45, 2.75) is 19.9 Å². The van der Waals surface area contributed by atoms with Crippen LogP contribution in [-0.2, 0) is 17.7 Å². The van der Waals surface area contributed by atoms with Crippen LogP contribution in [0.1, 0.15) is 28.7 Å². The van der Waals surface area contributed by atoms with Gasteiger partial charge in [0.15, 0.2) is 0 Å². The number of carbonyl (C=O) groups is 1. The molecule has 0 spiro atoms. The summed E-state index contributed by atoms with van der Waals surface area (Å²) in [7, 11) is 1.34. The van der Waals surface area contributed by atoms with E-state index >= 15 is 0 Å². The first kappa shape index (κ1) is 24.2. The standard InChI is InChI=1S/C24H27N5O4.Lr/c1-4-18-23(30)27-20-12-16(22(33-5-2)13-21(20)26-18)15-28-8-10-29(11-9-28)17-6-7-19(25-14-17)24(31)32-3;/h6-8,12-14H,2,4-5,9-11,15H2,1,3H3,(H,27,30);/q-2;. The molecule has 1 radical (unpaired) electrons. The van der Waals surface area contributed by atoms with E-state index in [1.807, 2.05) is 25.1 Å². The van der Waals surface area contributed by atoms with E-state index in [0.29, 0.717) is 42.8 Å². The van der Waals surface area contributed by atoms with Crippen LogP contribution < -0.4 is 15.2 Å². The van der Waals surface area contributed by atoms with Gasteiger partial charge in [-0.3, -0.25) is 4.79 Å². The molecule has 1 fully saturated rings. The van der Waals surface area contributed by atoms with Crippen LogP contribution in [0, 0.1) is 13.5 Å². The molecule has 1 aromatic carbocycles. The number of fused-ring (bicyclic) bond motifs is 1. The van der Waals surface area contributed by atoms with Crippen molar-refractivity contribution < 1.29 is 14.3 Å². The van der Waals surface area contributed by atoms with Gasteiger partial charge in [0.05, 0.1) is 30.0 Å². The smallest absolute Gasteiger partial charge is 0.356 e. The Kier molecular flexibility index (Phi) is 7.43. The van der Waals surface area contributed by atoms with Crippen molar-refractivity contribution in [1.29, 1.82) is 0 Å². The molecule has 9 nitrogen and oxygen atoms in total. The molecule has 1 aliphatic heterocycles. The number of esters is 1. The Labute approximate surface area is 192 Å². The quantitative estimate of drug-likeness (QED) is 0.295. The summed E-state index contributed by atoms with van der Waals surface area (Å²) in [5.41, 5.74) is 3.94. The van der Waals surface area contributed by atoms with E-state index in [4.69, 9.17) is 9.47 Å². The third-order valence-electron chi connectivity index (χ3n) is 5.64. The number of aryl methyl sites for hydroxylation is 1. The topological polar surface area (TPSA) is 101 Å². The number of nitrogens with zero attached hydrogens (tertiary/aromatic N) is 4. The van der Waals surface area contributed by atoms with Crippen molar-refractivity contribution in [2.24, 2.45) is 0 Å². The predicted molar refractivity (Wildman–Crippen MR) is 125 cm³/mol. The number of hydrogen-bond donors (Lipinski definition) is 1. The number of aromatic nitrogens is 3. The summed E-state index contributed by atoms with van der Waals surface area (Å²) in [6.45, 7) is 11.1. The number of benzene rings is 1. The molecular weight excluding hydrogens is 684 g/mol. The summed E-state index contributed by atoms with van der Waals surface area (Å²) < 4.78 is 10.5. The first-order chi connectivity index (χ1) is 16.0. The largest absolute Gasteiger partial charge is 0.525 e. The number of H-pyrrole nitrogens is 1. The van der Waals surface area contributed by atoms with Crippen molar-refractivity contribution in [3.05, 3.63) is 71.2 Å².